The van der Waals surface area contributed by atoms with Crippen LogP contribution in [0, 0.1) is 0 Å². The Balaban J connectivity index is 1.55. The fraction of sp³-hybridized carbons (Fsp3) is 0.409. The molecule has 3 aromatic heterocycles. The minimum Gasteiger partial charge on any atom is -0.477 e. The zero-order valence-corrected chi connectivity index (χ0v) is 19.4. The molecule has 0 aromatic carbocycles. The van der Waals surface area contributed by atoms with Crippen LogP contribution in [0.3, 0.4) is 0 Å². The van der Waals surface area contributed by atoms with Gasteiger partial charge in [-0.2, -0.15) is 0 Å². The van der Waals surface area contributed by atoms with Crippen molar-refractivity contribution in [1.29, 1.82) is 0 Å². The number of amides is 1. The van der Waals surface area contributed by atoms with Crippen LogP contribution in [0.2, 0.25) is 4.34 Å². The van der Waals surface area contributed by atoms with Crippen LogP contribution in [0.4, 0.5) is 0 Å². The van der Waals surface area contributed by atoms with Gasteiger partial charge in [0.2, 0.25) is 0 Å². The van der Waals surface area contributed by atoms with Crippen LogP contribution in [0.1, 0.15) is 53.4 Å². The number of halogens is 1. The van der Waals surface area contributed by atoms with Crippen molar-refractivity contribution in [3.8, 4) is 10.4 Å². The van der Waals surface area contributed by atoms with Crippen LogP contribution in [0.15, 0.2) is 35.1 Å². The van der Waals surface area contributed by atoms with E-state index in [1.165, 1.54) is 28.2 Å². The highest BCUT2D eigenvalue weighted by molar-refractivity contribution is 7.19. The summed E-state index contributed by atoms with van der Waals surface area (Å²) in [5.74, 6) is -1.40. The molecule has 4 rings (SSSR count). The highest BCUT2D eigenvalue weighted by Crippen LogP contribution is 2.33. The summed E-state index contributed by atoms with van der Waals surface area (Å²) in [6, 6.07) is 7.17. The molecular formula is C22H25ClN4O4S. The molecule has 1 saturated heterocycles. The van der Waals surface area contributed by atoms with E-state index in [2.05, 4.69) is 29.2 Å². The first-order chi connectivity index (χ1) is 15.3. The van der Waals surface area contributed by atoms with Gasteiger partial charge in [0.15, 0.2) is 0 Å². The molecule has 0 unspecified atom stereocenters. The van der Waals surface area contributed by atoms with E-state index in [4.69, 9.17) is 16.1 Å². The summed E-state index contributed by atoms with van der Waals surface area (Å²) < 4.78 is 7.25. The number of aromatic nitrogens is 2. The van der Waals surface area contributed by atoms with Gasteiger partial charge in [0.05, 0.1) is 16.4 Å². The number of carboxylic acid groups (broad SMARTS) is 1. The van der Waals surface area contributed by atoms with Crippen molar-refractivity contribution in [2.45, 2.75) is 45.3 Å². The lowest BCUT2D eigenvalue weighted by Gasteiger charge is -2.34. The molecule has 0 radical (unpaired) electrons. The van der Waals surface area contributed by atoms with Gasteiger partial charge in [-0.25, -0.2) is 4.79 Å². The predicted molar refractivity (Wildman–Crippen MR) is 123 cm³/mol. The Labute approximate surface area is 194 Å². The topological polar surface area (TPSA) is 101 Å². The summed E-state index contributed by atoms with van der Waals surface area (Å²) in [6.45, 7) is 6.28. The molecule has 1 fully saturated rings. The van der Waals surface area contributed by atoms with Crippen molar-refractivity contribution in [2.24, 2.45) is 0 Å². The number of hydrogen-bond acceptors (Lipinski definition) is 6. The van der Waals surface area contributed by atoms with Crippen LogP contribution in [-0.2, 0) is 6.54 Å². The molecule has 1 aliphatic heterocycles. The molecule has 0 spiro atoms. The first-order valence-corrected chi connectivity index (χ1v) is 11.7. The second kappa shape index (κ2) is 9.48. The Bertz CT molecular complexity index is 1110. The van der Waals surface area contributed by atoms with E-state index in [0.717, 1.165) is 36.4 Å². The minimum atomic E-state index is -1.11. The van der Waals surface area contributed by atoms with Gasteiger partial charge in [-0.15, -0.1) is 11.3 Å². The van der Waals surface area contributed by atoms with Crippen molar-refractivity contribution in [2.75, 3.05) is 13.1 Å². The molecule has 2 N–H and O–H groups in total. The molecule has 10 heteroatoms. The lowest BCUT2D eigenvalue weighted by molar-refractivity contribution is 0.0685. The molecule has 8 nitrogen and oxygen atoms in total. The van der Waals surface area contributed by atoms with Crippen molar-refractivity contribution >= 4 is 34.8 Å². The Kier molecular flexibility index (Phi) is 6.68. The SMILES string of the molecule is CC(C)N1CCC(NC(=O)c2ccc(C(=O)O)n2Cc2nocc2-c2ccc(Cl)s2)CC1. The fourth-order valence-corrected chi connectivity index (χ4v) is 5.10. The lowest BCUT2D eigenvalue weighted by Crippen LogP contribution is -2.47. The third-order valence-electron chi connectivity index (χ3n) is 5.82. The fourth-order valence-electron chi connectivity index (χ4n) is 4.03. The number of nitrogens with zero attached hydrogens (tertiary/aromatic N) is 3. The van der Waals surface area contributed by atoms with Crippen molar-refractivity contribution in [3.63, 3.8) is 0 Å². The highest BCUT2D eigenvalue weighted by Gasteiger charge is 2.26. The van der Waals surface area contributed by atoms with E-state index in [1.807, 2.05) is 6.07 Å². The van der Waals surface area contributed by atoms with Crippen LogP contribution >= 0.6 is 22.9 Å². The second-order valence-corrected chi connectivity index (χ2v) is 9.87. The zero-order chi connectivity index (χ0) is 22.8. The van der Waals surface area contributed by atoms with Gasteiger partial charge in [0, 0.05) is 30.1 Å². The zero-order valence-electron chi connectivity index (χ0n) is 17.9. The molecule has 3 aromatic rings. The maximum atomic E-state index is 13.1. The average Bonchev–Trinajstić information content (AvgIpc) is 3.48. The van der Waals surface area contributed by atoms with E-state index >= 15 is 0 Å². The molecule has 0 aliphatic carbocycles. The standard InChI is InChI=1S/C22H25ClN4O4S/c1-13(2)26-9-7-14(8-10-26)24-21(28)17-3-4-18(22(29)30)27(17)11-16-15(12-31-25-16)19-5-6-20(23)32-19/h3-6,12-14H,7-11H2,1-2H3,(H,24,28)(H,29,30). The molecular weight excluding hydrogens is 452 g/mol. The Morgan fingerprint density at radius 3 is 2.59 bits per heavy atom. The summed E-state index contributed by atoms with van der Waals surface area (Å²) >= 11 is 7.43. The first kappa shape index (κ1) is 22.6. The van der Waals surface area contributed by atoms with Crippen molar-refractivity contribution in [1.82, 2.24) is 19.9 Å². The third kappa shape index (κ3) is 4.74. The van der Waals surface area contributed by atoms with Crippen molar-refractivity contribution in [3.05, 3.63) is 51.9 Å². The Morgan fingerprint density at radius 2 is 1.97 bits per heavy atom. The number of rotatable bonds is 7. The highest BCUT2D eigenvalue weighted by atomic mass is 35.5. The number of thiophene rings is 1. The van der Waals surface area contributed by atoms with Gasteiger partial charge in [-0.1, -0.05) is 16.8 Å². The summed E-state index contributed by atoms with van der Waals surface area (Å²) in [4.78, 5) is 28.1. The molecule has 0 atom stereocenters. The Hall–Kier alpha value is -2.62. The molecule has 4 heterocycles. The lowest BCUT2D eigenvalue weighted by atomic mass is 10.0. The predicted octanol–water partition coefficient (Wildman–Crippen LogP) is 4.21. The summed E-state index contributed by atoms with van der Waals surface area (Å²) in [7, 11) is 0. The van der Waals surface area contributed by atoms with Gasteiger partial charge in [-0.05, 0) is 51.0 Å². The minimum absolute atomic E-state index is 0.0166. The molecule has 1 aliphatic rings. The molecule has 170 valence electrons. The molecule has 0 saturated carbocycles. The van der Waals surface area contributed by atoms with Crippen LogP contribution in [0.5, 0.6) is 0 Å². The summed E-state index contributed by atoms with van der Waals surface area (Å²) in [5.41, 5.74) is 1.55. The van der Waals surface area contributed by atoms with E-state index in [1.54, 1.807) is 12.1 Å². The normalized spacial score (nSPS) is 15.4. The van der Waals surface area contributed by atoms with E-state index < -0.39 is 5.97 Å². The number of hydrogen-bond donors (Lipinski definition) is 2. The smallest absolute Gasteiger partial charge is 0.352 e. The third-order valence-corrected chi connectivity index (χ3v) is 7.08. The average molecular weight is 477 g/mol. The first-order valence-electron chi connectivity index (χ1n) is 10.5. The monoisotopic (exact) mass is 476 g/mol. The number of piperidine rings is 1. The summed E-state index contributed by atoms with van der Waals surface area (Å²) in [6.07, 6.45) is 3.23. The van der Waals surface area contributed by atoms with Gasteiger partial charge in [-0.3, -0.25) is 4.79 Å². The van der Waals surface area contributed by atoms with E-state index in [-0.39, 0.29) is 29.9 Å². The van der Waals surface area contributed by atoms with Crippen LogP contribution < -0.4 is 5.32 Å². The number of carbonyl (C=O) groups is 2. The maximum absolute atomic E-state index is 13.1. The molecule has 1 amide bonds. The number of nitrogens with one attached hydrogen (secondary N) is 1. The number of aromatic carboxylic acids is 1. The molecule has 0 bridgehead atoms. The van der Waals surface area contributed by atoms with Gasteiger partial charge < -0.3 is 24.4 Å². The summed E-state index contributed by atoms with van der Waals surface area (Å²) in [5, 5.41) is 16.8. The number of likely N-dealkylation sites (tertiary alicyclic amines) is 1. The van der Waals surface area contributed by atoms with Crippen LogP contribution in [-0.4, -0.2) is 56.8 Å². The quantitative estimate of drug-likeness (QED) is 0.529. The number of carboxylic acids is 1. The van der Waals surface area contributed by atoms with Gasteiger partial charge in [0.1, 0.15) is 23.3 Å². The second-order valence-electron chi connectivity index (χ2n) is 8.15. The Morgan fingerprint density at radius 1 is 1.25 bits per heavy atom. The molecule has 32 heavy (non-hydrogen) atoms. The largest absolute Gasteiger partial charge is 0.477 e. The number of carbonyl (C=O) groups excluding carboxylic acids is 1. The van der Waals surface area contributed by atoms with Crippen molar-refractivity contribution < 1.29 is 19.2 Å². The van der Waals surface area contributed by atoms with Crippen LogP contribution in [0.25, 0.3) is 10.4 Å². The van der Waals surface area contributed by atoms with Gasteiger partial charge in [0.25, 0.3) is 5.91 Å². The van der Waals surface area contributed by atoms with E-state index in [9.17, 15) is 14.7 Å². The van der Waals surface area contributed by atoms with Gasteiger partial charge >= 0.3 is 5.97 Å². The van der Waals surface area contributed by atoms with E-state index in [0.29, 0.717) is 16.1 Å². The maximum Gasteiger partial charge on any atom is 0.352 e.